The number of aliphatic hydroxyl groups excluding tert-OH is 1. The molecule has 2 heterocycles. The zero-order chi connectivity index (χ0) is 21.1. The molecule has 0 saturated heterocycles. The molecule has 0 amide bonds. The fraction of sp³-hybridized carbons (Fsp3) is 0.150. The number of benzene rings is 2. The van der Waals surface area contributed by atoms with E-state index in [2.05, 4.69) is 30.8 Å². The Hall–Kier alpha value is -3.50. The Morgan fingerprint density at radius 3 is 2.73 bits per heavy atom. The molecular formula is C20H21N7O2S. The molecule has 0 bridgehead atoms. The molecule has 2 atom stereocenters. The highest BCUT2D eigenvalue weighted by Gasteiger charge is 2.13. The van der Waals surface area contributed by atoms with Gasteiger partial charge in [-0.3, -0.25) is 9.88 Å². The molecule has 0 spiro atoms. The maximum Gasteiger partial charge on any atom is 0.229 e. The minimum atomic E-state index is -2.12. The zero-order valence-electron chi connectivity index (χ0n) is 16.1. The van der Waals surface area contributed by atoms with Crippen molar-refractivity contribution >= 4 is 39.0 Å². The number of aromatic nitrogens is 4. The summed E-state index contributed by atoms with van der Waals surface area (Å²) in [6.07, 6.45) is 3.48. The van der Waals surface area contributed by atoms with Crippen LogP contribution < -0.4 is 10.6 Å². The van der Waals surface area contributed by atoms with Crippen molar-refractivity contribution in [3.63, 3.8) is 0 Å². The van der Waals surface area contributed by atoms with Gasteiger partial charge in [-0.05, 0) is 42.8 Å². The predicted octanol–water partition coefficient (Wildman–Crippen LogP) is 3.16. The van der Waals surface area contributed by atoms with Gasteiger partial charge < -0.3 is 15.7 Å². The first-order valence-electron chi connectivity index (χ1n) is 9.27. The molecule has 5 N–H and O–H groups in total. The number of anilines is 3. The van der Waals surface area contributed by atoms with Crippen molar-refractivity contribution in [2.24, 2.45) is 0 Å². The Bertz CT molecular complexity index is 1240. The number of hydrogen-bond acceptors (Lipinski definition) is 8. The Labute approximate surface area is 174 Å². The average molecular weight is 424 g/mol. The largest absolute Gasteiger partial charge is 0.394 e. The van der Waals surface area contributed by atoms with E-state index in [4.69, 9.17) is 4.78 Å². The third-order valence-electron chi connectivity index (χ3n) is 4.56. The molecule has 1 unspecified atom stereocenters. The van der Waals surface area contributed by atoms with E-state index in [0.29, 0.717) is 22.3 Å². The Morgan fingerprint density at radius 1 is 1.20 bits per heavy atom. The summed E-state index contributed by atoms with van der Waals surface area (Å²) >= 11 is 0. The molecule has 0 radical (unpaired) electrons. The third-order valence-corrected chi connectivity index (χ3v) is 5.32. The minimum Gasteiger partial charge on any atom is -0.394 e. The number of fused-ring (bicyclic) bond motifs is 1. The number of nitrogens with one attached hydrogen (secondary N) is 4. The highest BCUT2D eigenvalue weighted by Crippen LogP contribution is 2.30. The first-order valence-corrected chi connectivity index (χ1v) is 10.5. The summed E-state index contributed by atoms with van der Waals surface area (Å²) in [5, 5.41) is 23.8. The van der Waals surface area contributed by atoms with Crippen molar-refractivity contribution in [3.8, 4) is 11.1 Å². The first kappa shape index (κ1) is 19.8. The quantitative estimate of drug-likeness (QED) is 0.251. The van der Waals surface area contributed by atoms with Crippen LogP contribution in [0.15, 0.2) is 59.8 Å². The van der Waals surface area contributed by atoms with Crippen LogP contribution >= 0.6 is 0 Å². The van der Waals surface area contributed by atoms with Gasteiger partial charge in [0.05, 0.1) is 28.9 Å². The number of hydrogen-bond donors (Lipinski definition) is 6. The van der Waals surface area contributed by atoms with Crippen molar-refractivity contribution in [1.29, 1.82) is 4.78 Å². The van der Waals surface area contributed by atoms with Crippen molar-refractivity contribution in [2.45, 2.75) is 17.9 Å². The topological polar surface area (TPSA) is 140 Å². The van der Waals surface area contributed by atoms with Gasteiger partial charge >= 0.3 is 0 Å². The van der Waals surface area contributed by atoms with Crippen LogP contribution in [0, 0.1) is 4.78 Å². The lowest BCUT2D eigenvalue weighted by Crippen LogP contribution is -2.21. The second-order valence-electron chi connectivity index (χ2n) is 6.82. The van der Waals surface area contributed by atoms with Crippen molar-refractivity contribution < 1.29 is 9.32 Å². The second-order valence-corrected chi connectivity index (χ2v) is 7.93. The number of aliphatic hydroxyl groups is 1. The summed E-state index contributed by atoms with van der Waals surface area (Å²) in [4.78, 5) is 9.48. The van der Waals surface area contributed by atoms with Crippen molar-refractivity contribution in [2.75, 3.05) is 17.2 Å². The van der Waals surface area contributed by atoms with Gasteiger partial charge in [-0.1, -0.05) is 12.1 Å². The van der Waals surface area contributed by atoms with Crippen LogP contribution in [0.25, 0.3) is 22.0 Å². The number of thiol groups is 1. The van der Waals surface area contributed by atoms with E-state index in [0.717, 1.165) is 22.0 Å². The standard InChI is InChI=1S/C20H21N7O2S/c1-12(11-28)24-19-17(13-2-3-14-9-23-27-18(14)8-13)10-22-20(26-19)25-15-4-6-16(7-5-15)30(21)29/h2-10,12,21,28,30H,11H2,1H3,(H,23,27)(H2,22,24,25,26)/t12-/m1/s1. The molecule has 30 heavy (non-hydrogen) atoms. The van der Waals surface area contributed by atoms with E-state index >= 15 is 0 Å². The van der Waals surface area contributed by atoms with E-state index in [1.807, 2.05) is 25.1 Å². The van der Waals surface area contributed by atoms with Crippen LogP contribution in [0.4, 0.5) is 17.5 Å². The van der Waals surface area contributed by atoms with Crippen LogP contribution in [-0.4, -0.2) is 42.1 Å². The lowest BCUT2D eigenvalue weighted by atomic mass is 10.1. The highest BCUT2D eigenvalue weighted by molar-refractivity contribution is 7.73. The molecule has 9 nitrogen and oxygen atoms in total. The highest BCUT2D eigenvalue weighted by atomic mass is 32.2. The van der Waals surface area contributed by atoms with Gasteiger partial charge in [0, 0.05) is 33.8 Å². The smallest absolute Gasteiger partial charge is 0.229 e. The van der Waals surface area contributed by atoms with Crippen LogP contribution in [0.1, 0.15) is 6.92 Å². The molecule has 10 heteroatoms. The predicted molar refractivity (Wildman–Crippen MR) is 118 cm³/mol. The maximum atomic E-state index is 11.3. The zero-order valence-corrected chi connectivity index (χ0v) is 17.0. The molecule has 4 aromatic rings. The number of aromatic amines is 1. The van der Waals surface area contributed by atoms with Crippen LogP contribution in [0.3, 0.4) is 0 Å². The van der Waals surface area contributed by atoms with Crippen LogP contribution in [0.5, 0.6) is 0 Å². The van der Waals surface area contributed by atoms with E-state index in [9.17, 15) is 9.32 Å². The lowest BCUT2D eigenvalue weighted by molar-refractivity contribution is 0.281. The van der Waals surface area contributed by atoms with Gasteiger partial charge in [0.2, 0.25) is 5.95 Å². The fourth-order valence-corrected chi connectivity index (χ4v) is 3.38. The third kappa shape index (κ3) is 4.24. The monoisotopic (exact) mass is 423 g/mol. The molecule has 2 aromatic carbocycles. The molecule has 0 aliphatic rings. The molecule has 0 fully saturated rings. The van der Waals surface area contributed by atoms with Crippen LogP contribution in [-0.2, 0) is 10.6 Å². The number of nitrogens with zero attached hydrogens (tertiary/aromatic N) is 3. The Kier molecular flexibility index (Phi) is 5.59. The SMILES string of the molecule is C[C@H](CO)Nc1nc(Nc2ccc([SH](=N)=O)cc2)ncc1-c1ccc2cn[nH]c2c1. The molecule has 0 aliphatic heterocycles. The van der Waals surface area contributed by atoms with E-state index in [1.165, 1.54) is 0 Å². The van der Waals surface area contributed by atoms with E-state index in [-0.39, 0.29) is 12.6 Å². The maximum absolute atomic E-state index is 11.3. The summed E-state index contributed by atoms with van der Waals surface area (Å²) in [6.45, 7) is 1.82. The van der Waals surface area contributed by atoms with E-state index in [1.54, 1.807) is 36.7 Å². The molecule has 0 saturated carbocycles. The summed E-state index contributed by atoms with van der Waals surface area (Å²) < 4.78 is 18.6. The molecule has 0 aliphatic carbocycles. The summed E-state index contributed by atoms with van der Waals surface area (Å²) in [6, 6.07) is 12.4. The van der Waals surface area contributed by atoms with Crippen LogP contribution in [0.2, 0.25) is 0 Å². The Balaban J connectivity index is 1.68. The van der Waals surface area contributed by atoms with Crippen molar-refractivity contribution in [1.82, 2.24) is 20.2 Å². The van der Waals surface area contributed by atoms with Crippen molar-refractivity contribution in [3.05, 3.63) is 54.9 Å². The molecular weight excluding hydrogens is 402 g/mol. The number of H-pyrrole nitrogens is 1. The Morgan fingerprint density at radius 2 is 2.00 bits per heavy atom. The van der Waals surface area contributed by atoms with E-state index < -0.39 is 10.6 Å². The van der Waals surface area contributed by atoms with Gasteiger partial charge in [0.25, 0.3) is 0 Å². The second kappa shape index (κ2) is 8.47. The molecule has 154 valence electrons. The summed E-state index contributed by atoms with van der Waals surface area (Å²) in [7, 11) is -2.12. The minimum absolute atomic E-state index is 0.0431. The summed E-state index contributed by atoms with van der Waals surface area (Å²) in [5.74, 6) is 0.954. The average Bonchev–Trinajstić information content (AvgIpc) is 3.22. The van der Waals surface area contributed by atoms with Gasteiger partial charge in [-0.25, -0.2) is 9.19 Å². The fourth-order valence-electron chi connectivity index (χ4n) is 2.96. The van der Waals surface area contributed by atoms with Gasteiger partial charge in [0.15, 0.2) is 0 Å². The number of rotatable bonds is 7. The molecule has 2 aromatic heterocycles. The molecule has 4 rings (SSSR count). The van der Waals surface area contributed by atoms with Gasteiger partial charge in [0.1, 0.15) is 5.82 Å². The van der Waals surface area contributed by atoms with Gasteiger partial charge in [-0.2, -0.15) is 10.1 Å². The first-order chi connectivity index (χ1) is 14.5. The van der Waals surface area contributed by atoms with Gasteiger partial charge in [-0.15, -0.1) is 0 Å². The normalized spacial score (nSPS) is 13.1. The summed E-state index contributed by atoms with van der Waals surface area (Å²) in [5.41, 5.74) is 3.32. The lowest BCUT2D eigenvalue weighted by Gasteiger charge is -2.16.